The van der Waals surface area contributed by atoms with Crippen molar-refractivity contribution in [3.8, 4) is 0 Å². The molecule has 0 radical (unpaired) electrons. The normalized spacial score (nSPS) is 12.1. The van der Waals surface area contributed by atoms with Crippen LogP contribution >= 0.6 is 0 Å². The maximum Gasteiger partial charge on any atom is 0.356 e. The van der Waals surface area contributed by atoms with E-state index in [4.69, 9.17) is 0 Å². The molecule has 1 amide bonds. The third-order valence-electron chi connectivity index (χ3n) is 2.59. The number of nitrogens with zero attached hydrogens (tertiary/aromatic N) is 2. The monoisotopic (exact) mass is 279 g/mol. The lowest BCUT2D eigenvalue weighted by atomic mass is 9.95. The van der Waals surface area contributed by atoms with Crippen molar-refractivity contribution in [2.75, 3.05) is 5.32 Å². The summed E-state index contributed by atoms with van der Waals surface area (Å²) in [5, 5.41) is 2.55. The Labute approximate surface area is 118 Å². The molecule has 0 aromatic carbocycles. The van der Waals surface area contributed by atoms with Gasteiger partial charge in [0.1, 0.15) is 5.82 Å². The van der Waals surface area contributed by atoms with Crippen LogP contribution in [0, 0.1) is 10.8 Å². The standard InChI is InChI=1S/C14H21N3O3/c1-13(2,3)10(18)15-9-7-8-17(12(20)16-9)11(19)14(4,5)6/h7-8H,1-6H3,(H,15,16,18,20). The Kier molecular flexibility index (Phi) is 4.17. The third kappa shape index (κ3) is 3.76. The molecule has 0 aliphatic carbocycles. The number of nitrogens with one attached hydrogen (secondary N) is 1. The summed E-state index contributed by atoms with van der Waals surface area (Å²) in [7, 11) is 0. The molecule has 0 aliphatic heterocycles. The van der Waals surface area contributed by atoms with E-state index in [9.17, 15) is 14.4 Å². The van der Waals surface area contributed by atoms with Crippen LogP contribution in [0.1, 0.15) is 46.3 Å². The van der Waals surface area contributed by atoms with Gasteiger partial charge in [-0.1, -0.05) is 41.5 Å². The van der Waals surface area contributed by atoms with Crippen LogP contribution in [0.4, 0.5) is 5.82 Å². The minimum Gasteiger partial charge on any atom is -0.310 e. The predicted octanol–water partition coefficient (Wildman–Crippen LogP) is 1.91. The Morgan fingerprint density at radius 3 is 2.05 bits per heavy atom. The molecule has 20 heavy (non-hydrogen) atoms. The van der Waals surface area contributed by atoms with Crippen LogP contribution in [0.5, 0.6) is 0 Å². The Hall–Kier alpha value is -1.98. The van der Waals surface area contributed by atoms with Crippen LogP contribution < -0.4 is 11.0 Å². The number of anilines is 1. The average Bonchev–Trinajstić information content (AvgIpc) is 2.25. The lowest BCUT2D eigenvalue weighted by molar-refractivity contribution is -0.123. The highest BCUT2D eigenvalue weighted by Gasteiger charge is 2.25. The second kappa shape index (κ2) is 5.19. The smallest absolute Gasteiger partial charge is 0.310 e. The van der Waals surface area contributed by atoms with Gasteiger partial charge in [0.25, 0.3) is 0 Å². The van der Waals surface area contributed by atoms with Gasteiger partial charge >= 0.3 is 5.69 Å². The number of rotatable bonds is 1. The van der Waals surface area contributed by atoms with E-state index in [0.29, 0.717) is 0 Å². The predicted molar refractivity (Wildman–Crippen MR) is 76.7 cm³/mol. The topological polar surface area (TPSA) is 81.1 Å². The molecule has 6 heteroatoms. The largest absolute Gasteiger partial charge is 0.356 e. The molecule has 1 rings (SSSR count). The Morgan fingerprint density at radius 1 is 1.10 bits per heavy atom. The van der Waals surface area contributed by atoms with Crippen molar-refractivity contribution in [3.05, 3.63) is 22.7 Å². The van der Waals surface area contributed by atoms with E-state index in [-0.39, 0.29) is 17.6 Å². The Morgan fingerprint density at radius 2 is 1.65 bits per heavy atom. The van der Waals surface area contributed by atoms with Crippen LogP contribution in [0.15, 0.2) is 17.1 Å². The van der Waals surface area contributed by atoms with E-state index in [1.807, 2.05) is 0 Å². The Bertz CT molecular complexity index is 589. The van der Waals surface area contributed by atoms with Crippen molar-refractivity contribution in [2.45, 2.75) is 41.5 Å². The first-order valence-corrected chi connectivity index (χ1v) is 6.39. The van der Waals surface area contributed by atoms with Crippen LogP contribution in [-0.4, -0.2) is 21.4 Å². The molecule has 0 bridgehead atoms. The average molecular weight is 279 g/mol. The maximum atomic E-state index is 12.0. The van der Waals surface area contributed by atoms with Crippen LogP contribution in [0.3, 0.4) is 0 Å². The first kappa shape index (κ1) is 16.1. The second-order valence-electron chi connectivity index (χ2n) is 6.72. The first-order chi connectivity index (χ1) is 8.93. The van der Waals surface area contributed by atoms with E-state index >= 15 is 0 Å². The minimum atomic E-state index is -0.698. The molecule has 0 fully saturated rings. The van der Waals surface area contributed by atoms with Gasteiger partial charge < -0.3 is 5.32 Å². The number of amides is 1. The molecule has 1 heterocycles. The van der Waals surface area contributed by atoms with Gasteiger partial charge in [-0.2, -0.15) is 4.98 Å². The zero-order valence-corrected chi connectivity index (χ0v) is 12.8. The number of carbonyl (C=O) groups excluding carboxylic acids is 2. The van der Waals surface area contributed by atoms with E-state index in [1.54, 1.807) is 41.5 Å². The number of aromatic nitrogens is 2. The summed E-state index contributed by atoms with van der Waals surface area (Å²) in [6.07, 6.45) is 1.33. The van der Waals surface area contributed by atoms with Gasteiger partial charge in [-0.25, -0.2) is 9.36 Å². The van der Waals surface area contributed by atoms with Crippen LogP contribution in [0.25, 0.3) is 0 Å². The van der Waals surface area contributed by atoms with E-state index in [2.05, 4.69) is 10.3 Å². The zero-order chi connectivity index (χ0) is 15.7. The van der Waals surface area contributed by atoms with Crippen molar-refractivity contribution in [1.82, 2.24) is 9.55 Å². The summed E-state index contributed by atoms with van der Waals surface area (Å²) in [6.45, 7) is 10.4. The first-order valence-electron chi connectivity index (χ1n) is 6.39. The van der Waals surface area contributed by atoms with Crippen molar-refractivity contribution in [2.24, 2.45) is 10.8 Å². The lowest BCUT2D eigenvalue weighted by Gasteiger charge is -2.19. The van der Waals surface area contributed by atoms with E-state index in [1.165, 1.54) is 12.3 Å². The molecule has 0 spiro atoms. The molecule has 1 N–H and O–H groups in total. The van der Waals surface area contributed by atoms with Crippen molar-refractivity contribution >= 4 is 17.6 Å². The molecule has 6 nitrogen and oxygen atoms in total. The zero-order valence-electron chi connectivity index (χ0n) is 12.8. The highest BCUT2D eigenvalue weighted by molar-refractivity contribution is 5.93. The summed E-state index contributed by atoms with van der Waals surface area (Å²) >= 11 is 0. The van der Waals surface area contributed by atoms with Gasteiger partial charge in [0, 0.05) is 17.0 Å². The van der Waals surface area contributed by atoms with Crippen LogP contribution in [0.2, 0.25) is 0 Å². The highest BCUT2D eigenvalue weighted by atomic mass is 16.2. The Balaban J connectivity index is 3.04. The number of hydrogen-bond acceptors (Lipinski definition) is 4. The van der Waals surface area contributed by atoms with Crippen molar-refractivity contribution in [3.63, 3.8) is 0 Å². The summed E-state index contributed by atoms with van der Waals surface area (Å²) in [4.78, 5) is 39.4. The van der Waals surface area contributed by atoms with Crippen LogP contribution in [-0.2, 0) is 4.79 Å². The van der Waals surface area contributed by atoms with Gasteiger partial charge in [0.15, 0.2) is 0 Å². The molecule has 0 saturated carbocycles. The maximum absolute atomic E-state index is 12.0. The molecule has 0 aliphatic rings. The van der Waals surface area contributed by atoms with Gasteiger partial charge in [0.2, 0.25) is 11.8 Å². The summed E-state index contributed by atoms with van der Waals surface area (Å²) in [5.41, 5.74) is -1.96. The number of carbonyl (C=O) groups is 2. The van der Waals surface area contributed by atoms with E-state index in [0.717, 1.165) is 4.57 Å². The van der Waals surface area contributed by atoms with Gasteiger partial charge in [-0.3, -0.25) is 9.59 Å². The van der Waals surface area contributed by atoms with E-state index < -0.39 is 16.5 Å². The summed E-state index contributed by atoms with van der Waals surface area (Å²) in [5.74, 6) is -0.444. The minimum absolute atomic E-state index is 0.146. The van der Waals surface area contributed by atoms with Gasteiger partial charge in [-0.05, 0) is 6.07 Å². The lowest BCUT2D eigenvalue weighted by Crippen LogP contribution is -2.37. The fourth-order valence-corrected chi connectivity index (χ4v) is 1.29. The molecule has 0 atom stereocenters. The SMILES string of the molecule is CC(C)(C)C(=O)Nc1ccn(C(=O)C(C)(C)C)c(=O)n1. The van der Waals surface area contributed by atoms with Gasteiger partial charge in [-0.15, -0.1) is 0 Å². The van der Waals surface area contributed by atoms with Crippen molar-refractivity contribution < 1.29 is 9.59 Å². The fraction of sp³-hybridized carbons (Fsp3) is 0.571. The van der Waals surface area contributed by atoms with Gasteiger partial charge in [0.05, 0.1) is 0 Å². The molecule has 0 unspecified atom stereocenters. The summed E-state index contributed by atoms with van der Waals surface area (Å²) in [6, 6.07) is 1.44. The quantitative estimate of drug-likeness (QED) is 0.851. The number of hydrogen-bond donors (Lipinski definition) is 1. The molecule has 1 aromatic heterocycles. The molecular weight excluding hydrogens is 258 g/mol. The van der Waals surface area contributed by atoms with Crippen molar-refractivity contribution in [1.29, 1.82) is 0 Å². The molecule has 0 saturated heterocycles. The summed E-state index contributed by atoms with van der Waals surface area (Å²) < 4.78 is 0.951. The third-order valence-corrected chi connectivity index (χ3v) is 2.59. The molecular formula is C14H21N3O3. The fourth-order valence-electron chi connectivity index (χ4n) is 1.29. The highest BCUT2D eigenvalue weighted by Crippen LogP contribution is 2.17. The molecule has 110 valence electrons. The second-order valence-corrected chi connectivity index (χ2v) is 6.72. The molecule has 1 aromatic rings.